The van der Waals surface area contributed by atoms with Crippen LogP contribution < -0.4 is 4.90 Å². The number of fused-ring (bicyclic) bond motifs is 1. The van der Waals surface area contributed by atoms with Crippen molar-refractivity contribution in [2.75, 3.05) is 31.1 Å². The molecule has 3 aromatic rings. The number of aromatic nitrogens is 5. The van der Waals surface area contributed by atoms with Crippen LogP contribution in [-0.2, 0) is 6.54 Å². The van der Waals surface area contributed by atoms with Crippen LogP contribution in [-0.4, -0.2) is 61.9 Å². The number of amides is 1. The number of rotatable bonds is 3. The normalized spacial score (nSPS) is 14.8. The van der Waals surface area contributed by atoms with E-state index in [0.717, 1.165) is 5.82 Å². The van der Waals surface area contributed by atoms with E-state index in [1.807, 2.05) is 6.92 Å². The molecule has 0 bridgehead atoms. The Bertz CT molecular complexity index is 932. The molecule has 0 saturated carbocycles. The first kappa shape index (κ1) is 16.4. The van der Waals surface area contributed by atoms with Crippen LogP contribution in [0.1, 0.15) is 17.3 Å². The Labute approximate surface area is 149 Å². The average molecular weight is 355 g/mol. The van der Waals surface area contributed by atoms with Gasteiger partial charge in [0.05, 0.1) is 0 Å². The molecule has 0 spiro atoms. The first-order chi connectivity index (χ1) is 12.7. The number of nitrogens with zero attached hydrogens (tertiary/aromatic N) is 7. The largest absolute Gasteiger partial charge is 0.351 e. The minimum Gasteiger partial charge on any atom is -0.351 e. The summed E-state index contributed by atoms with van der Waals surface area (Å²) in [7, 11) is 0. The van der Waals surface area contributed by atoms with Crippen LogP contribution >= 0.6 is 0 Å². The highest BCUT2D eigenvalue weighted by molar-refractivity contribution is 5.94. The summed E-state index contributed by atoms with van der Waals surface area (Å²) in [5.74, 6) is 0.303. The van der Waals surface area contributed by atoms with Gasteiger partial charge in [-0.15, -0.1) is 5.10 Å². The maximum absolute atomic E-state index is 13.0. The number of hydrogen-bond donors (Lipinski definition) is 0. The first-order valence-electron chi connectivity index (χ1n) is 8.51. The Hall–Kier alpha value is -3.10. The highest BCUT2D eigenvalue weighted by atomic mass is 19.1. The van der Waals surface area contributed by atoms with Crippen LogP contribution in [0.3, 0.4) is 0 Å². The van der Waals surface area contributed by atoms with Crippen molar-refractivity contribution >= 4 is 22.9 Å². The van der Waals surface area contributed by atoms with Crippen molar-refractivity contribution < 1.29 is 9.18 Å². The lowest BCUT2D eigenvalue weighted by molar-refractivity contribution is 0.0746. The van der Waals surface area contributed by atoms with Gasteiger partial charge in [-0.3, -0.25) is 4.79 Å². The summed E-state index contributed by atoms with van der Waals surface area (Å²) < 4.78 is 14.8. The van der Waals surface area contributed by atoms with Crippen LogP contribution in [0.4, 0.5) is 10.2 Å². The van der Waals surface area contributed by atoms with Crippen molar-refractivity contribution in [3.05, 3.63) is 42.0 Å². The fraction of sp³-hybridized carbons (Fsp3) is 0.353. The summed E-state index contributed by atoms with van der Waals surface area (Å²) in [5.41, 5.74) is 1.88. The number of anilines is 1. The second-order valence-corrected chi connectivity index (χ2v) is 6.06. The van der Waals surface area contributed by atoms with Gasteiger partial charge in [0.15, 0.2) is 17.0 Å². The van der Waals surface area contributed by atoms with Gasteiger partial charge in [0.25, 0.3) is 5.91 Å². The molecular weight excluding hydrogens is 337 g/mol. The summed E-state index contributed by atoms with van der Waals surface area (Å²) in [6.07, 6.45) is 1.52. The lowest BCUT2D eigenvalue weighted by Crippen LogP contribution is -2.49. The number of hydrogen-bond acceptors (Lipinski definition) is 6. The summed E-state index contributed by atoms with van der Waals surface area (Å²) in [6, 6.07) is 5.64. The van der Waals surface area contributed by atoms with Gasteiger partial charge in [0, 0.05) is 38.3 Å². The maximum atomic E-state index is 13.0. The zero-order valence-corrected chi connectivity index (χ0v) is 14.3. The predicted octanol–water partition coefficient (Wildman–Crippen LogP) is 1.34. The van der Waals surface area contributed by atoms with Gasteiger partial charge in [0.1, 0.15) is 12.1 Å². The smallest absolute Gasteiger partial charge is 0.253 e. The molecule has 1 aliphatic rings. The third-order valence-electron chi connectivity index (χ3n) is 4.54. The maximum Gasteiger partial charge on any atom is 0.253 e. The van der Waals surface area contributed by atoms with Crippen LogP contribution in [0.15, 0.2) is 30.6 Å². The second kappa shape index (κ2) is 6.66. The fourth-order valence-corrected chi connectivity index (χ4v) is 3.12. The van der Waals surface area contributed by atoms with E-state index in [4.69, 9.17) is 0 Å². The quantitative estimate of drug-likeness (QED) is 0.705. The number of piperazine rings is 1. The molecule has 1 aromatic carbocycles. The Morgan fingerprint density at radius 3 is 2.54 bits per heavy atom. The van der Waals surface area contributed by atoms with Gasteiger partial charge in [0.2, 0.25) is 0 Å². The van der Waals surface area contributed by atoms with Gasteiger partial charge in [-0.05, 0) is 31.2 Å². The lowest BCUT2D eigenvalue weighted by Gasteiger charge is -2.35. The molecule has 1 amide bonds. The summed E-state index contributed by atoms with van der Waals surface area (Å²) >= 11 is 0. The molecule has 0 atom stereocenters. The van der Waals surface area contributed by atoms with E-state index in [1.165, 1.54) is 30.6 Å². The summed E-state index contributed by atoms with van der Waals surface area (Å²) in [6.45, 7) is 5.06. The number of benzene rings is 1. The molecule has 9 heteroatoms. The summed E-state index contributed by atoms with van der Waals surface area (Å²) in [4.78, 5) is 25.0. The SMILES string of the molecule is CCn1nnc2c(N3CCN(C(=O)c4ccc(F)cc4)CC3)ncnc21. The molecule has 3 heterocycles. The number of carbonyl (C=O) groups is 1. The minimum atomic E-state index is -0.348. The summed E-state index contributed by atoms with van der Waals surface area (Å²) in [5, 5.41) is 8.31. The minimum absolute atomic E-state index is 0.0885. The first-order valence-corrected chi connectivity index (χ1v) is 8.51. The Morgan fingerprint density at radius 2 is 1.85 bits per heavy atom. The highest BCUT2D eigenvalue weighted by Gasteiger charge is 2.25. The monoisotopic (exact) mass is 355 g/mol. The molecular formula is C17H18FN7O. The molecule has 134 valence electrons. The van der Waals surface area contributed by atoms with Crippen molar-refractivity contribution in [1.82, 2.24) is 29.9 Å². The van der Waals surface area contributed by atoms with E-state index >= 15 is 0 Å². The van der Waals surface area contributed by atoms with Crippen molar-refractivity contribution in [1.29, 1.82) is 0 Å². The Morgan fingerprint density at radius 1 is 1.12 bits per heavy atom. The van der Waals surface area contributed by atoms with E-state index in [2.05, 4.69) is 25.2 Å². The predicted molar refractivity (Wildman–Crippen MR) is 93.3 cm³/mol. The molecule has 2 aromatic heterocycles. The van der Waals surface area contributed by atoms with Crippen molar-refractivity contribution in [3.63, 3.8) is 0 Å². The van der Waals surface area contributed by atoms with Crippen molar-refractivity contribution in [2.45, 2.75) is 13.5 Å². The Balaban J connectivity index is 1.49. The molecule has 0 radical (unpaired) electrons. The zero-order valence-electron chi connectivity index (χ0n) is 14.3. The third-order valence-corrected chi connectivity index (χ3v) is 4.54. The molecule has 26 heavy (non-hydrogen) atoms. The van der Waals surface area contributed by atoms with Crippen LogP contribution in [0.5, 0.6) is 0 Å². The van der Waals surface area contributed by atoms with E-state index in [1.54, 1.807) is 9.58 Å². The molecule has 4 rings (SSSR count). The van der Waals surface area contributed by atoms with Gasteiger partial charge < -0.3 is 9.80 Å². The van der Waals surface area contributed by atoms with Gasteiger partial charge in [-0.2, -0.15) is 0 Å². The molecule has 8 nitrogen and oxygen atoms in total. The average Bonchev–Trinajstić information content (AvgIpc) is 3.11. The number of aryl methyl sites for hydroxylation is 1. The zero-order chi connectivity index (χ0) is 18.1. The Kier molecular flexibility index (Phi) is 4.19. The van der Waals surface area contributed by atoms with Crippen molar-refractivity contribution in [3.8, 4) is 0 Å². The fourth-order valence-electron chi connectivity index (χ4n) is 3.12. The van der Waals surface area contributed by atoms with E-state index < -0.39 is 0 Å². The molecule has 1 saturated heterocycles. The topological polar surface area (TPSA) is 80.0 Å². The van der Waals surface area contributed by atoms with Crippen LogP contribution in [0, 0.1) is 5.82 Å². The molecule has 1 fully saturated rings. The standard InChI is InChI=1S/C17H18FN7O/c1-2-25-16-14(21-22-25)15(19-11-20-16)23-7-9-24(10-8-23)17(26)12-3-5-13(18)6-4-12/h3-6,11H,2,7-10H2,1H3. The number of carbonyl (C=O) groups excluding carboxylic acids is 1. The number of halogens is 1. The second-order valence-electron chi connectivity index (χ2n) is 6.06. The third kappa shape index (κ3) is 2.85. The highest BCUT2D eigenvalue weighted by Crippen LogP contribution is 2.22. The molecule has 0 aliphatic carbocycles. The van der Waals surface area contributed by atoms with Gasteiger partial charge in [-0.25, -0.2) is 19.0 Å². The van der Waals surface area contributed by atoms with E-state index in [9.17, 15) is 9.18 Å². The van der Waals surface area contributed by atoms with E-state index in [-0.39, 0.29) is 11.7 Å². The van der Waals surface area contributed by atoms with Crippen LogP contribution in [0.2, 0.25) is 0 Å². The molecule has 0 unspecified atom stereocenters. The molecule has 0 N–H and O–H groups in total. The van der Waals surface area contributed by atoms with Crippen LogP contribution in [0.25, 0.3) is 11.2 Å². The van der Waals surface area contributed by atoms with Crippen molar-refractivity contribution in [2.24, 2.45) is 0 Å². The van der Waals surface area contributed by atoms with Gasteiger partial charge in [-0.1, -0.05) is 5.21 Å². The molecule has 1 aliphatic heterocycles. The van der Waals surface area contributed by atoms with E-state index in [0.29, 0.717) is 49.5 Å². The van der Waals surface area contributed by atoms with Gasteiger partial charge >= 0.3 is 0 Å². The lowest BCUT2D eigenvalue weighted by atomic mass is 10.2.